The molecule has 2 bridgehead atoms. The minimum Gasteiger partial charge on any atom is -0.383 e. The summed E-state index contributed by atoms with van der Waals surface area (Å²) in [7, 11) is 1.61. The second-order valence-corrected chi connectivity index (χ2v) is 12.5. The van der Waals surface area contributed by atoms with E-state index in [4.69, 9.17) is 4.74 Å². The van der Waals surface area contributed by atoms with Crippen LogP contribution in [0.2, 0.25) is 0 Å². The van der Waals surface area contributed by atoms with Gasteiger partial charge in [0.15, 0.2) is 0 Å². The molecule has 43 heavy (non-hydrogen) atoms. The van der Waals surface area contributed by atoms with Gasteiger partial charge in [0, 0.05) is 59.2 Å². The maximum Gasteiger partial charge on any atom is 0.242 e. The van der Waals surface area contributed by atoms with Gasteiger partial charge in [-0.2, -0.15) is 0 Å². The van der Waals surface area contributed by atoms with Crippen LogP contribution in [0.25, 0.3) is 0 Å². The highest BCUT2D eigenvalue weighted by Crippen LogP contribution is 2.32. The van der Waals surface area contributed by atoms with Gasteiger partial charge < -0.3 is 29.7 Å². The molecule has 4 aliphatic rings. The number of piperidine rings is 1. The molecule has 0 aromatic heterocycles. The maximum atomic E-state index is 13.9. The van der Waals surface area contributed by atoms with Crippen molar-refractivity contribution in [2.24, 2.45) is 11.8 Å². The van der Waals surface area contributed by atoms with Gasteiger partial charge in [0.1, 0.15) is 13.1 Å². The number of carbonyl (C=O) groups is 5. The molecule has 0 aliphatic carbocycles. The Labute approximate surface area is 253 Å². The molecule has 0 saturated carbocycles. The Bertz CT molecular complexity index is 1200. The molecule has 4 aliphatic heterocycles. The summed E-state index contributed by atoms with van der Waals surface area (Å²) in [6, 6.07) is 7.52. The van der Waals surface area contributed by atoms with Crippen molar-refractivity contribution < 1.29 is 28.7 Å². The van der Waals surface area contributed by atoms with Crippen LogP contribution < -0.4 is 5.32 Å². The molecule has 0 unspecified atom stereocenters. The zero-order valence-corrected chi connectivity index (χ0v) is 25.3. The van der Waals surface area contributed by atoms with E-state index in [0.717, 1.165) is 49.9 Å². The van der Waals surface area contributed by atoms with Crippen molar-refractivity contribution in [3.8, 4) is 0 Å². The second-order valence-electron chi connectivity index (χ2n) is 12.5. The minimum absolute atomic E-state index is 0.0251. The van der Waals surface area contributed by atoms with E-state index in [2.05, 4.69) is 5.32 Å². The topological polar surface area (TPSA) is 120 Å². The van der Waals surface area contributed by atoms with Crippen LogP contribution in [0.15, 0.2) is 24.3 Å². The molecular formula is C32H45N5O6. The fraction of sp³-hybridized carbons (Fsp3) is 0.656. The average molecular weight is 596 g/mol. The summed E-state index contributed by atoms with van der Waals surface area (Å²) < 4.78 is 5.31. The van der Waals surface area contributed by atoms with Gasteiger partial charge in [0.2, 0.25) is 29.5 Å². The van der Waals surface area contributed by atoms with Crippen molar-refractivity contribution >= 4 is 29.5 Å². The third kappa shape index (κ3) is 7.74. The molecule has 1 aromatic carbocycles. The highest BCUT2D eigenvalue weighted by Gasteiger charge is 2.37. The standard InChI is InChI=1S/C32H45N5O6/c1-43-22-27-9-6-13-37(27)32(42)21-36-20-28(38)33-18-25-8-3-2-7-23(25)15-30(40)35-14-10-24(26(19-35)17-31(36)41)16-29(39)34-11-4-5-12-34/h2-3,7-8,24,26-27H,4-6,9-22H2,1H3,(H,33,38)/t24-,26-,27+/m0/s1. The summed E-state index contributed by atoms with van der Waals surface area (Å²) in [6.07, 6.45) is 4.98. The molecular weight excluding hydrogens is 550 g/mol. The van der Waals surface area contributed by atoms with E-state index in [-0.39, 0.29) is 79.9 Å². The zero-order valence-electron chi connectivity index (χ0n) is 25.3. The molecule has 1 N–H and O–H groups in total. The summed E-state index contributed by atoms with van der Waals surface area (Å²) in [5.41, 5.74) is 1.70. The number of rotatable bonds is 6. The number of fused-ring (bicyclic) bond motifs is 3. The Hall–Kier alpha value is -3.47. The van der Waals surface area contributed by atoms with E-state index >= 15 is 0 Å². The monoisotopic (exact) mass is 595 g/mol. The molecule has 0 spiro atoms. The van der Waals surface area contributed by atoms with Gasteiger partial charge in [-0.25, -0.2) is 0 Å². The van der Waals surface area contributed by atoms with Gasteiger partial charge in [-0.15, -0.1) is 0 Å². The first-order chi connectivity index (χ1) is 20.8. The second kappa shape index (κ2) is 14.3. The van der Waals surface area contributed by atoms with Crippen molar-refractivity contribution in [3.63, 3.8) is 0 Å². The van der Waals surface area contributed by atoms with E-state index in [1.165, 1.54) is 4.90 Å². The van der Waals surface area contributed by atoms with E-state index in [1.807, 2.05) is 34.1 Å². The summed E-state index contributed by atoms with van der Waals surface area (Å²) >= 11 is 0. The minimum atomic E-state index is -0.361. The first-order valence-corrected chi connectivity index (χ1v) is 15.8. The fourth-order valence-electron chi connectivity index (χ4n) is 7.10. The average Bonchev–Trinajstić information content (AvgIpc) is 3.70. The number of nitrogens with one attached hydrogen (secondary N) is 1. The molecule has 5 rings (SSSR count). The van der Waals surface area contributed by atoms with Crippen LogP contribution >= 0.6 is 0 Å². The number of hydrogen-bond donors (Lipinski definition) is 1. The smallest absolute Gasteiger partial charge is 0.242 e. The van der Waals surface area contributed by atoms with Gasteiger partial charge in [0.05, 0.1) is 19.1 Å². The predicted molar refractivity (Wildman–Crippen MR) is 158 cm³/mol. The predicted octanol–water partition coefficient (Wildman–Crippen LogP) is 1.19. The molecule has 3 atom stereocenters. The number of hydrogen-bond acceptors (Lipinski definition) is 6. The molecule has 0 radical (unpaired) electrons. The lowest BCUT2D eigenvalue weighted by molar-refractivity contribution is -0.145. The molecule has 5 amide bonds. The highest BCUT2D eigenvalue weighted by molar-refractivity contribution is 5.89. The maximum absolute atomic E-state index is 13.9. The quantitative estimate of drug-likeness (QED) is 0.528. The Balaban J connectivity index is 1.39. The third-order valence-electron chi connectivity index (χ3n) is 9.58. The summed E-state index contributed by atoms with van der Waals surface area (Å²) in [4.78, 5) is 74.0. The number of methoxy groups -OCH3 is 1. The lowest BCUT2D eigenvalue weighted by Gasteiger charge is -2.39. The van der Waals surface area contributed by atoms with Gasteiger partial charge in [0.25, 0.3) is 0 Å². The lowest BCUT2D eigenvalue weighted by Crippen LogP contribution is -2.51. The number of nitrogens with zero attached hydrogens (tertiary/aromatic N) is 4. The van der Waals surface area contributed by atoms with Crippen molar-refractivity contribution in [1.29, 1.82) is 0 Å². The Kier molecular flexibility index (Phi) is 10.3. The number of amides is 5. The Morgan fingerprint density at radius 2 is 1.70 bits per heavy atom. The van der Waals surface area contributed by atoms with Gasteiger partial charge in [-0.3, -0.25) is 24.0 Å². The van der Waals surface area contributed by atoms with Crippen LogP contribution in [0.5, 0.6) is 0 Å². The van der Waals surface area contributed by atoms with Crippen LogP contribution in [0, 0.1) is 11.8 Å². The van der Waals surface area contributed by atoms with Crippen LogP contribution in [0.1, 0.15) is 56.1 Å². The first-order valence-electron chi connectivity index (χ1n) is 15.8. The van der Waals surface area contributed by atoms with Gasteiger partial charge in [-0.05, 0) is 55.1 Å². The molecule has 3 saturated heterocycles. The normalized spacial score (nSPS) is 25.4. The molecule has 3 fully saturated rings. The van der Waals surface area contributed by atoms with Crippen LogP contribution in [-0.2, 0) is 41.7 Å². The van der Waals surface area contributed by atoms with Crippen molar-refractivity contribution in [1.82, 2.24) is 24.9 Å². The number of carbonyl (C=O) groups excluding carboxylic acids is 5. The Morgan fingerprint density at radius 3 is 2.47 bits per heavy atom. The molecule has 4 heterocycles. The largest absolute Gasteiger partial charge is 0.383 e. The van der Waals surface area contributed by atoms with Crippen molar-refractivity contribution in [2.45, 2.75) is 64.0 Å². The van der Waals surface area contributed by atoms with Crippen molar-refractivity contribution in [3.05, 3.63) is 35.4 Å². The number of benzene rings is 1. The lowest BCUT2D eigenvalue weighted by atomic mass is 9.80. The highest BCUT2D eigenvalue weighted by atomic mass is 16.5. The summed E-state index contributed by atoms with van der Waals surface area (Å²) in [5.74, 6) is -1.09. The number of likely N-dealkylation sites (tertiary alicyclic amines) is 2. The van der Waals surface area contributed by atoms with Crippen LogP contribution in [0.3, 0.4) is 0 Å². The summed E-state index contributed by atoms with van der Waals surface area (Å²) in [6.45, 7) is 3.27. The third-order valence-corrected chi connectivity index (χ3v) is 9.58. The van der Waals surface area contributed by atoms with E-state index in [1.54, 1.807) is 12.0 Å². The van der Waals surface area contributed by atoms with Gasteiger partial charge >= 0.3 is 0 Å². The molecule has 11 nitrogen and oxygen atoms in total. The molecule has 11 heteroatoms. The van der Waals surface area contributed by atoms with Crippen LogP contribution in [0.4, 0.5) is 0 Å². The van der Waals surface area contributed by atoms with E-state index in [9.17, 15) is 24.0 Å². The molecule has 234 valence electrons. The number of ether oxygens (including phenoxy) is 1. The SMILES string of the molecule is COC[C@H]1CCCN1C(=O)CN1CC(=O)NCc2ccccc2CC(=O)N2CC[C@@H](CC(=O)N3CCCC3)[C@@H](CC1=O)C2. The van der Waals surface area contributed by atoms with Gasteiger partial charge in [-0.1, -0.05) is 24.3 Å². The van der Waals surface area contributed by atoms with E-state index < -0.39 is 0 Å². The van der Waals surface area contributed by atoms with Crippen molar-refractivity contribution in [2.75, 3.05) is 59.5 Å². The van der Waals surface area contributed by atoms with E-state index in [0.29, 0.717) is 39.1 Å². The fourth-order valence-corrected chi connectivity index (χ4v) is 7.10. The molecule has 1 aromatic rings. The van der Waals surface area contributed by atoms with Crippen LogP contribution in [-0.4, -0.2) is 115 Å². The summed E-state index contributed by atoms with van der Waals surface area (Å²) in [5, 5.41) is 2.89. The Morgan fingerprint density at radius 1 is 0.930 bits per heavy atom. The zero-order chi connectivity index (χ0) is 30.3. The first kappa shape index (κ1) is 31.0.